The molecule has 0 saturated heterocycles. The monoisotopic (exact) mass is 243 g/mol. The Bertz CT molecular complexity index is 438. The van der Waals surface area contributed by atoms with E-state index in [4.69, 9.17) is 11.6 Å². The van der Waals surface area contributed by atoms with Gasteiger partial charge in [-0.3, -0.25) is 4.68 Å². The van der Waals surface area contributed by atoms with Crippen LogP contribution in [0.4, 0.5) is 5.00 Å². The van der Waals surface area contributed by atoms with Crippen LogP contribution in [0.1, 0.15) is 12.6 Å². The number of aromatic nitrogens is 4. The second-order valence-corrected chi connectivity index (χ2v) is 4.13. The van der Waals surface area contributed by atoms with Gasteiger partial charge in [-0.1, -0.05) is 16.1 Å². The number of hydrogen-bond donors (Lipinski definition) is 1. The Morgan fingerprint density at radius 2 is 2.47 bits per heavy atom. The van der Waals surface area contributed by atoms with Crippen LogP contribution >= 0.6 is 23.1 Å². The standard InChI is InChI=1S/C8H10ClN5S/c1-2-10-8-7(12-13-15-8)5-14-4-6(9)3-11-14/h3-4,10H,2,5H2,1H3. The Kier molecular flexibility index (Phi) is 3.17. The number of rotatable bonds is 4. The molecule has 5 nitrogen and oxygen atoms in total. The van der Waals surface area contributed by atoms with E-state index in [1.54, 1.807) is 17.1 Å². The molecule has 0 spiro atoms. The molecule has 0 saturated carbocycles. The third-order valence-corrected chi connectivity index (χ3v) is 2.73. The molecule has 0 fully saturated rings. The van der Waals surface area contributed by atoms with E-state index in [1.165, 1.54) is 11.5 Å². The highest BCUT2D eigenvalue weighted by molar-refractivity contribution is 7.10. The molecule has 0 aliphatic rings. The summed E-state index contributed by atoms with van der Waals surface area (Å²) in [6.07, 6.45) is 3.37. The molecule has 2 aromatic heterocycles. The molecule has 0 amide bonds. The van der Waals surface area contributed by atoms with Crippen molar-refractivity contribution in [1.82, 2.24) is 19.4 Å². The zero-order chi connectivity index (χ0) is 10.7. The van der Waals surface area contributed by atoms with E-state index in [2.05, 4.69) is 20.0 Å². The van der Waals surface area contributed by atoms with E-state index >= 15 is 0 Å². The van der Waals surface area contributed by atoms with Gasteiger partial charge in [0.15, 0.2) is 0 Å². The number of nitrogens with one attached hydrogen (secondary N) is 1. The molecule has 2 rings (SSSR count). The second kappa shape index (κ2) is 4.59. The minimum absolute atomic E-state index is 0.589. The van der Waals surface area contributed by atoms with Crippen molar-refractivity contribution in [3.05, 3.63) is 23.1 Å². The molecule has 0 unspecified atom stereocenters. The first-order valence-corrected chi connectivity index (χ1v) is 5.67. The fraction of sp³-hybridized carbons (Fsp3) is 0.375. The minimum atomic E-state index is 0.589. The molecule has 7 heteroatoms. The summed E-state index contributed by atoms with van der Waals surface area (Å²) in [7, 11) is 0. The summed E-state index contributed by atoms with van der Waals surface area (Å²) < 4.78 is 5.63. The van der Waals surface area contributed by atoms with E-state index in [-0.39, 0.29) is 0 Å². The summed E-state index contributed by atoms with van der Waals surface area (Å²) in [5, 5.41) is 12.9. The van der Waals surface area contributed by atoms with Gasteiger partial charge in [0.2, 0.25) is 0 Å². The Labute approximate surface area is 96.2 Å². The van der Waals surface area contributed by atoms with Crippen LogP contribution in [0.15, 0.2) is 12.4 Å². The van der Waals surface area contributed by atoms with Crippen LogP contribution in [-0.2, 0) is 6.54 Å². The molecule has 80 valence electrons. The fourth-order valence-corrected chi connectivity index (χ4v) is 1.98. The van der Waals surface area contributed by atoms with Crippen molar-refractivity contribution in [2.45, 2.75) is 13.5 Å². The summed E-state index contributed by atoms with van der Waals surface area (Å²) in [4.78, 5) is 0. The summed E-state index contributed by atoms with van der Waals surface area (Å²) in [6.45, 7) is 3.48. The smallest absolute Gasteiger partial charge is 0.135 e. The van der Waals surface area contributed by atoms with Gasteiger partial charge in [-0.2, -0.15) is 5.10 Å². The number of halogens is 1. The first kappa shape index (κ1) is 10.4. The molecule has 0 aliphatic carbocycles. The van der Waals surface area contributed by atoms with Gasteiger partial charge in [-0.15, -0.1) is 5.10 Å². The van der Waals surface area contributed by atoms with Crippen molar-refractivity contribution < 1.29 is 0 Å². The summed E-state index contributed by atoms with van der Waals surface area (Å²) >= 11 is 7.12. The average Bonchev–Trinajstić information content (AvgIpc) is 2.78. The SMILES string of the molecule is CCNc1snnc1Cn1cc(Cl)cn1. The van der Waals surface area contributed by atoms with Crippen LogP contribution in [-0.4, -0.2) is 25.9 Å². The predicted molar refractivity (Wildman–Crippen MR) is 60.4 cm³/mol. The van der Waals surface area contributed by atoms with Crippen molar-refractivity contribution in [2.24, 2.45) is 0 Å². The first-order valence-electron chi connectivity index (χ1n) is 4.52. The Morgan fingerprint density at radius 1 is 1.60 bits per heavy atom. The largest absolute Gasteiger partial charge is 0.374 e. The fourth-order valence-electron chi connectivity index (χ4n) is 1.19. The van der Waals surface area contributed by atoms with E-state index in [0.717, 1.165) is 17.2 Å². The highest BCUT2D eigenvalue weighted by atomic mass is 35.5. The normalized spacial score (nSPS) is 10.5. The van der Waals surface area contributed by atoms with Crippen molar-refractivity contribution >= 4 is 28.1 Å². The van der Waals surface area contributed by atoms with E-state index in [0.29, 0.717) is 11.6 Å². The molecular weight excluding hydrogens is 234 g/mol. The quantitative estimate of drug-likeness (QED) is 0.891. The average molecular weight is 244 g/mol. The molecule has 0 bridgehead atoms. The minimum Gasteiger partial charge on any atom is -0.374 e. The van der Waals surface area contributed by atoms with Crippen LogP contribution in [0, 0.1) is 0 Å². The van der Waals surface area contributed by atoms with Gasteiger partial charge in [0.05, 0.1) is 17.8 Å². The molecule has 2 heterocycles. The van der Waals surface area contributed by atoms with Gasteiger partial charge >= 0.3 is 0 Å². The van der Waals surface area contributed by atoms with Crippen LogP contribution in [0.5, 0.6) is 0 Å². The van der Waals surface area contributed by atoms with Crippen molar-refractivity contribution in [1.29, 1.82) is 0 Å². The van der Waals surface area contributed by atoms with Crippen LogP contribution < -0.4 is 5.32 Å². The lowest BCUT2D eigenvalue weighted by molar-refractivity contribution is 0.671. The van der Waals surface area contributed by atoms with Crippen LogP contribution in [0.2, 0.25) is 5.02 Å². The van der Waals surface area contributed by atoms with Gasteiger partial charge in [-0.25, -0.2) is 0 Å². The molecule has 2 aromatic rings. The molecule has 1 N–H and O–H groups in total. The van der Waals surface area contributed by atoms with Crippen LogP contribution in [0.25, 0.3) is 0 Å². The van der Waals surface area contributed by atoms with E-state index in [1.807, 2.05) is 6.92 Å². The first-order chi connectivity index (χ1) is 7.29. The van der Waals surface area contributed by atoms with Gasteiger partial charge < -0.3 is 5.32 Å². The van der Waals surface area contributed by atoms with E-state index in [9.17, 15) is 0 Å². The van der Waals surface area contributed by atoms with Crippen LogP contribution in [0.3, 0.4) is 0 Å². The topological polar surface area (TPSA) is 55.6 Å². The van der Waals surface area contributed by atoms with Gasteiger partial charge in [0.25, 0.3) is 0 Å². The molecule has 0 atom stereocenters. The Morgan fingerprint density at radius 3 is 3.13 bits per heavy atom. The third-order valence-electron chi connectivity index (χ3n) is 1.81. The van der Waals surface area contributed by atoms with Gasteiger partial charge in [0, 0.05) is 24.3 Å². The Hall–Kier alpha value is -1.14. The van der Waals surface area contributed by atoms with Gasteiger partial charge in [0.1, 0.15) is 10.7 Å². The van der Waals surface area contributed by atoms with Crippen molar-refractivity contribution in [3.63, 3.8) is 0 Å². The van der Waals surface area contributed by atoms with Gasteiger partial charge in [-0.05, 0) is 6.92 Å². The van der Waals surface area contributed by atoms with Crippen molar-refractivity contribution in [2.75, 3.05) is 11.9 Å². The highest BCUT2D eigenvalue weighted by Gasteiger charge is 2.08. The lowest BCUT2D eigenvalue weighted by atomic mass is 10.4. The summed E-state index contributed by atoms with van der Waals surface area (Å²) in [5.74, 6) is 0. The van der Waals surface area contributed by atoms with Crippen molar-refractivity contribution in [3.8, 4) is 0 Å². The maximum atomic E-state index is 5.77. The predicted octanol–water partition coefficient (Wildman–Crippen LogP) is 1.87. The Balaban J connectivity index is 2.13. The maximum absolute atomic E-state index is 5.77. The molecule has 0 aliphatic heterocycles. The second-order valence-electron chi connectivity index (χ2n) is 2.94. The summed E-state index contributed by atoms with van der Waals surface area (Å²) in [5.41, 5.74) is 0.890. The molecule has 0 aromatic carbocycles. The zero-order valence-corrected chi connectivity index (χ0v) is 9.72. The third kappa shape index (κ3) is 2.45. The number of nitrogens with zero attached hydrogens (tertiary/aromatic N) is 4. The molecule has 15 heavy (non-hydrogen) atoms. The molecule has 0 radical (unpaired) electrons. The lowest BCUT2D eigenvalue weighted by Gasteiger charge is -2.01. The lowest BCUT2D eigenvalue weighted by Crippen LogP contribution is -2.04. The maximum Gasteiger partial charge on any atom is 0.135 e. The van der Waals surface area contributed by atoms with E-state index < -0.39 is 0 Å². The highest BCUT2D eigenvalue weighted by Crippen LogP contribution is 2.18. The number of anilines is 1. The molecular formula is C8H10ClN5S. The number of hydrogen-bond acceptors (Lipinski definition) is 5. The summed E-state index contributed by atoms with van der Waals surface area (Å²) in [6, 6.07) is 0. The zero-order valence-electron chi connectivity index (χ0n) is 8.14.